The number of hydrogen-bond acceptors (Lipinski definition) is 5. The lowest BCUT2D eigenvalue weighted by Gasteiger charge is -2.07. The summed E-state index contributed by atoms with van der Waals surface area (Å²) in [4.78, 5) is 37.7. The molecule has 134 valence electrons. The summed E-state index contributed by atoms with van der Waals surface area (Å²) < 4.78 is 2.11. The van der Waals surface area contributed by atoms with Gasteiger partial charge >= 0.3 is 5.69 Å². The third kappa shape index (κ3) is 3.16. The largest absolute Gasteiger partial charge is 0.330 e. The van der Waals surface area contributed by atoms with E-state index >= 15 is 0 Å². The van der Waals surface area contributed by atoms with Gasteiger partial charge in [-0.3, -0.25) is 14.2 Å². The van der Waals surface area contributed by atoms with Crippen molar-refractivity contribution >= 4 is 23.2 Å². The molecule has 0 saturated carbocycles. The van der Waals surface area contributed by atoms with Crippen LogP contribution in [0, 0.1) is 6.92 Å². The highest BCUT2D eigenvalue weighted by Crippen LogP contribution is 2.15. The van der Waals surface area contributed by atoms with Crippen LogP contribution in [0.25, 0.3) is 5.69 Å². The van der Waals surface area contributed by atoms with Crippen molar-refractivity contribution in [2.45, 2.75) is 6.92 Å². The summed E-state index contributed by atoms with van der Waals surface area (Å²) in [7, 11) is 2.82. The molecule has 0 atom stereocenters. The first kappa shape index (κ1) is 17.6. The molecule has 1 aromatic carbocycles. The molecule has 9 nitrogen and oxygen atoms in total. The second-order valence-electron chi connectivity index (χ2n) is 5.66. The minimum Gasteiger partial charge on any atom is -0.315 e. The average molecular weight is 375 g/mol. The van der Waals surface area contributed by atoms with Gasteiger partial charge in [0.15, 0.2) is 5.69 Å². The number of nitrogens with zero attached hydrogens (tertiary/aromatic N) is 5. The number of nitrogens with one attached hydrogen (secondary N) is 1. The van der Waals surface area contributed by atoms with E-state index < -0.39 is 17.2 Å². The second-order valence-corrected chi connectivity index (χ2v) is 6.09. The Hall–Kier alpha value is -3.20. The number of aromatic nitrogens is 5. The van der Waals surface area contributed by atoms with Gasteiger partial charge in [0.1, 0.15) is 5.69 Å². The molecule has 0 aliphatic rings. The first-order valence-corrected chi connectivity index (χ1v) is 7.93. The maximum absolute atomic E-state index is 12.5. The van der Waals surface area contributed by atoms with Crippen LogP contribution >= 0.6 is 11.6 Å². The Morgan fingerprint density at radius 1 is 1.19 bits per heavy atom. The summed E-state index contributed by atoms with van der Waals surface area (Å²) in [5.41, 5.74) is -0.101. The number of carbonyl (C=O) groups excluding carboxylic acids is 1. The SMILES string of the molecule is Cc1nn(-c2cccc(Cl)c2)nc1C(=O)Nc1cn(C)c(=O)n(C)c1=O. The van der Waals surface area contributed by atoms with Crippen LogP contribution in [0.1, 0.15) is 16.2 Å². The minimum absolute atomic E-state index is 0.0312. The molecule has 0 radical (unpaired) electrons. The molecule has 0 aliphatic carbocycles. The number of halogens is 1. The van der Waals surface area contributed by atoms with Crippen LogP contribution in [0.4, 0.5) is 5.69 Å². The van der Waals surface area contributed by atoms with Gasteiger partial charge in [0.05, 0.1) is 11.4 Å². The molecule has 2 heterocycles. The lowest BCUT2D eigenvalue weighted by atomic mass is 10.3. The molecular weight excluding hydrogens is 360 g/mol. The zero-order valence-corrected chi connectivity index (χ0v) is 15.0. The molecular formula is C16H15ClN6O3. The zero-order valence-electron chi connectivity index (χ0n) is 14.2. The highest BCUT2D eigenvalue weighted by molar-refractivity contribution is 6.30. The summed E-state index contributed by atoms with van der Waals surface area (Å²) in [6.07, 6.45) is 1.26. The summed E-state index contributed by atoms with van der Waals surface area (Å²) in [5.74, 6) is -0.605. The van der Waals surface area contributed by atoms with Gasteiger partial charge in [-0.25, -0.2) is 4.79 Å². The molecule has 26 heavy (non-hydrogen) atoms. The van der Waals surface area contributed by atoms with Crippen molar-refractivity contribution in [3.8, 4) is 5.69 Å². The van der Waals surface area contributed by atoms with E-state index in [1.54, 1.807) is 31.2 Å². The summed E-state index contributed by atoms with van der Waals surface area (Å²) in [5, 5.41) is 11.4. The molecule has 0 spiro atoms. The topological polar surface area (TPSA) is 104 Å². The molecule has 0 fully saturated rings. The molecule has 1 amide bonds. The molecule has 3 aromatic rings. The standard InChI is InChI=1S/C16H15ClN6O3/c1-9-13(20-23(19-9)11-6-4-5-10(17)7-11)14(24)18-12-8-21(2)16(26)22(3)15(12)25/h4-8H,1-3H3,(H,18,24). The van der Waals surface area contributed by atoms with Crippen LogP contribution < -0.4 is 16.6 Å². The van der Waals surface area contributed by atoms with Crippen molar-refractivity contribution in [1.29, 1.82) is 0 Å². The summed E-state index contributed by atoms with van der Waals surface area (Å²) in [6, 6.07) is 6.86. The number of amides is 1. The average Bonchev–Trinajstić information content (AvgIpc) is 2.99. The van der Waals surface area contributed by atoms with E-state index in [0.717, 1.165) is 4.57 Å². The van der Waals surface area contributed by atoms with Crippen molar-refractivity contribution < 1.29 is 4.79 Å². The van der Waals surface area contributed by atoms with Crippen molar-refractivity contribution in [1.82, 2.24) is 24.1 Å². The maximum Gasteiger partial charge on any atom is 0.330 e. The van der Waals surface area contributed by atoms with E-state index in [-0.39, 0.29) is 11.4 Å². The number of carbonyl (C=O) groups is 1. The number of aryl methyl sites for hydroxylation is 2. The van der Waals surface area contributed by atoms with Crippen LogP contribution in [-0.4, -0.2) is 30.0 Å². The van der Waals surface area contributed by atoms with E-state index in [9.17, 15) is 14.4 Å². The Morgan fingerprint density at radius 2 is 1.92 bits per heavy atom. The van der Waals surface area contributed by atoms with Gasteiger partial charge in [-0.1, -0.05) is 17.7 Å². The highest BCUT2D eigenvalue weighted by atomic mass is 35.5. The molecule has 10 heteroatoms. The number of benzene rings is 1. The lowest BCUT2D eigenvalue weighted by molar-refractivity contribution is 0.102. The van der Waals surface area contributed by atoms with Crippen LogP contribution in [-0.2, 0) is 14.1 Å². The molecule has 1 N–H and O–H groups in total. The van der Waals surface area contributed by atoms with Crippen LogP contribution in [0.15, 0.2) is 40.1 Å². The highest BCUT2D eigenvalue weighted by Gasteiger charge is 2.19. The Morgan fingerprint density at radius 3 is 2.62 bits per heavy atom. The molecule has 0 aliphatic heterocycles. The summed E-state index contributed by atoms with van der Waals surface area (Å²) in [6.45, 7) is 1.63. The monoisotopic (exact) mass is 374 g/mol. The Labute approximate surface area is 152 Å². The number of hydrogen-bond donors (Lipinski definition) is 1. The van der Waals surface area contributed by atoms with Gasteiger partial charge in [0.25, 0.3) is 11.5 Å². The van der Waals surface area contributed by atoms with Crippen molar-refractivity contribution in [3.63, 3.8) is 0 Å². The number of anilines is 1. The van der Waals surface area contributed by atoms with Crippen LogP contribution in [0.5, 0.6) is 0 Å². The third-order valence-corrected chi connectivity index (χ3v) is 3.97. The zero-order chi connectivity index (χ0) is 19.0. The van der Waals surface area contributed by atoms with Gasteiger partial charge in [-0.15, -0.1) is 5.10 Å². The van der Waals surface area contributed by atoms with Gasteiger partial charge < -0.3 is 9.88 Å². The van der Waals surface area contributed by atoms with Crippen molar-refractivity contribution in [3.05, 3.63) is 67.7 Å². The van der Waals surface area contributed by atoms with Crippen LogP contribution in [0.3, 0.4) is 0 Å². The summed E-state index contributed by atoms with van der Waals surface area (Å²) >= 11 is 5.96. The maximum atomic E-state index is 12.5. The Balaban J connectivity index is 1.95. The first-order chi connectivity index (χ1) is 12.3. The van der Waals surface area contributed by atoms with Crippen LogP contribution in [0.2, 0.25) is 5.02 Å². The number of rotatable bonds is 3. The van der Waals surface area contributed by atoms with E-state index in [0.29, 0.717) is 16.4 Å². The van der Waals surface area contributed by atoms with Crippen molar-refractivity contribution in [2.24, 2.45) is 14.1 Å². The normalized spacial score (nSPS) is 10.8. The van der Waals surface area contributed by atoms with Gasteiger partial charge in [0, 0.05) is 25.3 Å². The predicted octanol–water partition coefficient (Wildman–Crippen LogP) is 0.879. The fourth-order valence-electron chi connectivity index (χ4n) is 2.38. The van der Waals surface area contributed by atoms with Crippen molar-refractivity contribution in [2.75, 3.05) is 5.32 Å². The van der Waals surface area contributed by atoms with Gasteiger partial charge in [0.2, 0.25) is 0 Å². The second kappa shape index (κ2) is 6.60. The minimum atomic E-state index is -0.610. The fraction of sp³-hybridized carbons (Fsp3) is 0.188. The Bertz CT molecular complexity index is 1130. The van der Waals surface area contributed by atoms with E-state index in [1.165, 1.54) is 29.7 Å². The molecule has 0 bridgehead atoms. The predicted molar refractivity (Wildman–Crippen MR) is 96.0 cm³/mol. The third-order valence-electron chi connectivity index (χ3n) is 3.73. The quantitative estimate of drug-likeness (QED) is 0.732. The molecule has 2 aromatic heterocycles. The lowest BCUT2D eigenvalue weighted by Crippen LogP contribution is -2.38. The van der Waals surface area contributed by atoms with Gasteiger partial charge in [-0.05, 0) is 25.1 Å². The molecule has 0 saturated heterocycles. The Kier molecular flexibility index (Phi) is 4.47. The van der Waals surface area contributed by atoms with Gasteiger partial charge in [-0.2, -0.15) is 9.90 Å². The molecule has 3 rings (SSSR count). The fourth-order valence-corrected chi connectivity index (χ4v) is 2.56. The smallest absolute Gasteiger partial charge is 0.315 e. The molecule has 0 unspecified atom stereocenters. The first-order valence-electron chi connectivity index (χ1n) is 7.56. The van der Waals surface area contributed by atoms with E-state index in [2.05, 4.69) is 15.5 Å². The van der Waals surface area contributed by atoms with E-state index in [1.807, 2.05) is 0 Å². The van der Waals surface area contributed by atoms with E-state index in [4.69, 9.17) is 11.6 Å².